The Morgan fingerprint density at radius 2 is 2.33 bits per heavy atom. The highest BCUT2D eigenvalue weighted by Gasteiger charge is 2.19. The van der Waals surface area contributed by atoms with E-state index >= 15 is 0 Å². The lowest BCUT2D eigenvalue weighted by molar-refractivity contribution is 0.0659. The lowest BCUT2D eigenvalue weighted by atomic mass is 10.2. The molecule has 4 nitrogen and oxygen atoms in total. The first-order chi connectivity index (χ1) is 7.24. The number of nitrogens with two attached hydrogens (primary N) is 1. The molecule has 0 aromatic rings. The smallest absolute Gasteiger partial charge is 0.0593 e. The van der Waals surface area contributed by atoms with Gasteiger partial charge in [0, 0.05) is 45.4 Å². The van der Waals surface area contributed by atoms with Crippen molar-refractivity contribution in [2.45, 2.75) is 19.9 Å². The Bertz CT molecular complexity index is 164. The number of rotatable bonds is 6. The molecule has 1 rings (SSSR count). The van der Waals surface area contributed by atoms with E-state index in [9.17, 15) is 0 Å². The average molecular weight is 215 g/mol. The van der Waals surface area contributed by atoms with Crippen LogP contribution in [0.15, 0.2) is 0 Å². The highest BCUT2D eigenvalue weighted by Crippen LogP contribution is 2.01. The molecule has 90 valence electrons. The highest BCUT2D eigenvalue weighted by molar-refractivity contribution is 4.80. The molecule has 4 heteroatoms. The summed E-state index contributed by atoms with van der Waals surface area (Å²) in [5.41, 5.74) is 5.72. The number of hydrogen-bond donors (Lipinski definition) is 2. The van der Waals surface area contributed by atoms with Crippen molar-refractivity contribution < 1.29 is 4.74 Å². The van der Waals surface area contributed by atoms with Crippen LogP contribution in [0.4, 0.5) is 0 Å². The predicted octanol–water partition coefficient (Wildman–Crippen LogP) is -0.108. The van der Waals surface area contributed by atoms with Crippen LogP contribution in [0.3, 0.4) is 0 Å². The second-order valence-corrected chi connectivity index (χ2v) is 4.60. The quantitative estimate of drug-likeness (QED) is 0.607. The molecule has 1 heterocycles. The van der Waals surface area contributed by atoms with E-state index in [1.807, 2.05) is 0 Å². The van der Waals surface area contributed by atoms with Crippen LogP contribution in [0.5, 0.6) is 0 Å². The lowest BCUT2D eigenvalue weighted by Crippen LogP contribution is -2.55. The molecule has 15 heavy (non-hydrogen) atoms. The zero-order valence-electron chi connectivity index (χ0n) is 10.0. The van der Waals surface area contributed by atoms with E-state index in [0.29, 0.717) is 12.0 Å². The van der Waals surface area contributed by atoms with Gasteiger partial charge in [0.15, 0.2) is 0 Å². The first-order valence-electron chi connectivity index (χ1n) is 5.96. The molecule has 1 fully saturated rings. The number of piperazine rings is 1. The molecule has 0 spiro atoms. The summed E-state index contributed by atoms with van der Waals surface area (Å²) in [6.45, 7) is 11.0. The van der Waals surface area contributed by atoms with Gasteiger partial charge in [0.2, 0.25) is 0 Å². The van der Waals surface area contributed by atoms with Gasteiger partial charge in [-0.25, -0.2) is 0 Å². The minimum absolute atomic E-state index is 0.487. The number of nitrogens with one attached hydrogen (secondary N) is 1. The molecule has 0 saturated carbocycles. The Labute approximate surface area is 93.1 Å². The normalized spacial score (nSPS) is 23.6. The molecular formula is C11H25N3O. The molecule has 1 aliphatic rings. The number of hydrogen-bond acceptors (Lipinski definition) is 4. The minimum Gasteiger partial charge on any atom is -0.380 e. The van der Waals surface area contributed by atoms with Crippen molar-refractivity contribution in [3.05, 3.63) is 0 Å². The second-order valence-electron chi connectivity index (χ2n) is 4.60. The Morgan fingerprint density at radius 1 is 1.53 bits per heavy atom. The van der Waals surface area contributed by atoms with Crippen LogP contribution < -0.4 is 11.1 Å². The molecule has 0 aromatic carbocycles. The van der Waals surface area contributed by atoms with Crippen molar-refractivity contribution in [3.63, 3.8) is 0 Å². The van der Waals surface area contributed by atoms with Gasteiger partial charge in [0.1, 0.15) is 0 Å². The van der Waals surface area contributed by atoms with Crippen molar-refractivity contribution in [1.29, 1.82) is 0 Å². The summed E-state index contributed by atoms with van der Waals surface area (Å²) in [5.74, 6) is 0.623. The standard InChI is InChI=1S/C11H25N3O/c1-10(2)9-15-6-5-14-4-3-13-8-11(14)7-12/h10-11,13H,3-9,12H2,1-2H3. The Kier molecular flexibility index (Phi) is 6.17. The molecule has 1 atom stereocenters. The van der Waals surface area contributed by atoms with Crippen LogP contribution in [0, 0.1) is 5.92 Å². The van der Waals surface area contributed by atoms with Crippen LogP contribution in [-0.4, -0.2) is 56.9 Å². The van der Waals surface area contributed by atoms with Gasteiger partial charge in [-0.15, -0.1) is 0 Å². The fourth-order valence-corrected chi connectivity index (χ4v) is 1.83. The van der Waals surface area contributed by atoms with Gasteiger partial charge in [-0.05, 0) is 5.92 Å². The zero-order valence-corrected chi connectivity index (χ0v) is 10.0. The first kappa shape index (κ1) is 12.9. The van der Waals surface area contributed by atoms with Crippen LogP contribution >= 0.6 is 0 Å². The van der Waals surface area contributed by atoms with Gasteiger partial charge in [0.25, 0.3) is 0 Å². The van der Waals surface area contributed by atoms with E-state index in [4.69, 9.17) is 10.5 Å². The Hall–Kier alpha value is -0.160. The summed E-state index contributed by atoms with van der Waals surface area (Å²) in [6, 6.07) is 0.487. The minimum atomic E-state index is 0.487. The van der Waals surface area contributed by atoms with Gasteiger partial charge in [0.05, 0.1) is 6.61 Å². The van der Waals surface area contributed by atoms with Crippen molar-refractivity contribution in [1.82, 2.24) is 10.2 Å². The van der Waals surface area contributed by atoms with Crippen LogP contribution in [0.25, 0.3) is 0 Å². The largest absolute Gasteiger partial charge is 0.380 e. The molecule has 1 saturated heterocycles. The summed E-state index contributed by atoms with van der Waals surface area (Å²) in [5, 5.41) is 3.36. The molecule has 3 N–H and O–H groups in total. The van der Waals surface area contributed by atoms with E-state index < -0.39 is 0 Å². The summed E-state index contributed by atoms with van der Waals surface area (Å²) >= 11 is 0. The maximum Gasteiger partial charge on any atom is 0.0593 e. The lowest BCUT2D eigenvalue weighted by Gasteiger charge is -2.35. The topological polar surface area (TPSA) is 50.5 Å². The van der Waals surface area contributed by atoms with Gasteiger partial charge in [-0.1, -0.05) is 13.8 Å². The van der Waals surface area contributed by atoms with E-state index in [1.165, 1.54) is 0 Å². The molecule has 0 bridgehead atoms. The van der Waals surface area contributed by atoms with Crippen molar-refractivity contribution in [2.75, 3.05) is 45.9 Å². The second kappa shape index (κ2) is 7.17. The molecule has 0 radical (unpaired) electrons. The zero-order chi connectivity index (χ0) is 11.1. The number of ether oxygens (including phenoxy) is 1. The highest BCUT2D eigenvalue weighted by atomic mass is 16.5. The Morgan fingerprint density at radius 3 is 3.00 bits per heavy atom. The van der Waals surface area contributed by atoms with Crippen LogP contribution in [-0.2, 0) is 4.74 Å². The van der Waals surface area contributed by atoms with Crippen molar-refractivity contribution in [3.8, 4) is 0 Å². The van der Waals surface area contributed by atoms with E-state index in [-0.39, 0.29) is 0 Å². The van der Waals surface area contributed by atoms with Crippen LogP contribution in [0.1, 0.15) is 13.8 Å². The van der Waals surface area contributed by atoms with E-state index in [1.54, 1.807) is 0 Å². The summed E-state index contributed by atoms with van der Waals surface area (Å²) in [7, 11) is 0. The summed E-state index contributed by atoms with van der Waals surface area (Å²) < 4.78 is 5.59. The monoisotopic (exact) mass is 215 g/mol. The third kappa shape index (κ3) is 4.93. The summed E-state index contributed by atoms with van der Waals surface area (Å²) in [4.78, 5) is 2.43. The third-order valence-electron chi connectivity index (χ3n) is 2.72. The predicted molar refractivity (Wildman–Crippen MR) is 62.9 cm³/mol. The van der Waals surface area contributed by atoms with Gasteiger partial charge in [-0.3, -0.25) is 4.90 Å². The van der Waals surface area contributed by atoms with E-state index in [0.717, 1.165) is 45.9 Å². The maximum absolute atomic E-state index is 5.72. The fourth-order valence-electron chi connectivity index (χ4n) is 1.83. The molecule has 0 amide bonds. The SMILES string of the molecule is CC(C)COCCN1CCNCC1CN. The molecular weight excluding hydrogens is 190 g/mol. The first-order valence-corrected chi connectivity index (χ1v) is 5.96. The molecule has 1 aliphatic heterocycles. The average Bonchev–Trinajstić information content (AvgIpc) is 2.24. The van der Waals surface area contributed by atoms with E-state index in [2.05, 4.69) is 24.1 Å². The van der Waals surface area contributed by atoms with Crippen molar-refractivity contribution >= 4 is 0 Å². The van der Waals surface area contributed by atoms with Crippen LogP contribution in [0.2, 0.25) is 0 Å². The summed E-state index contributed by atoms with van der Waals surface area (Å²) in [6.07, 6.45) is 0. The molecule has 1 unspecified atom stereocenters. The van der Waals surface area contributed by atoms with Gasteiger partial charge < -0.3 is 15.8 Å². The van der Waals surface area contributed by atoms with Crippen molar-refractivity contribution in [2.24, 2.45) is 11.7 Å². The maximum atomic E-state index is 5.72. The van der Waals surface area contributed by atoms with Gasteiger partial charge in [-0.2, -0.15) is 0 Å². The molecule has 0 aromatic heterocycles. The molecule has 0 aliphatic carbocycles. The third-order valence-corrected chi connectivity index (χ3v) is 2.72. The number of nitrogens with zero attached hydrogens (tertiary/aromatic N) is 1. The van der Waals surface area contributed by atoms with Gasteiger partial charge >= 0.3 is 0 Å². The fraction of sp³-hybridized carbons (Fsp3) is 1.00. The Balaban J connectivity index is 2.12.